The highest BCUT2D eigenvalue weighted by atomic mass is 127. The average molecular weight is 513 g/mol. The number of nitrogens with zero attached hydrogens (tertiary/aromatic N) is 2. The van der Waals surface area contributed by atoms with Gasteiger partial charge in [-0.1, -0.05) is 6.08 Å². The number of hydrogen-bond donors (Lipinski definition) is 1. The van der Waals surface area contributed by atoms with Crippen molar-refractivity contribution >= 4 is 58.8 Å². The van der Waals surface area contributed by atoms with Gasteiger partial charge in [-0.15, -0.1) is 0 Å². The Balaban J connectivity index is 2.56. The number of carbonyl (C=O) groups is 2. The van der Waals surface area contributed by atoms with E-state index in [1.807, 2.05) is 6.07 Å². The molecular weight excluding hydrogens is 493 g/mol. The highest BCUT2D eigenvalue weighted by molar-refractivity contribution is 14.2. The van der Waals surface area contributed by atoms with Gasteiger partial charge in [0.05, 0.1) is 23.9 Å². The predicted molar refractivity (Wildman–Crippen MR) is 119 cm³/mol. The Bertz CT molecular complexity index is 999. The summed E-state index contributed by atoms with van der Waals surface area (Å²) in [6.07, 6.45) is 0.875. The summed E-state index contributed by atoms with van der Waals surface area (Å²) in [5.74, 6) is 0.0606. The van der Waals surface area contributed by atoms with Crippen molar-refractivity contribution in [2.45, 2.75) is 33.3 Å². The summed E-state index contributed by atoms with van der Waals surface area (Å²) in [4.78, 5) is 24.8. The topological polar surface area (TPSA) is 93.3 Å². The van der Waals surface area contributed by atoms with Crippen LogP contribution in [-0.2, 0) is 4.74 Å². The maximum absolute atomic E-state index is 12.7. The second kappa shape index (κ2) is 8.87. The molecule has 0 spiro atoms. The molecule has 0 radical (unpaired) electrons. The molecule has 1 aromatic carbocycles. The Labute approximate surface area is 179 Å². The van der Waals surface area contributed by atoms with Gasteiger partial charge in [-0.05, 0) is 45.9 Å². The number of nitrogens with one attached hydrogen (secondary N) is 1. The number of allylic oxidation sites excluding steroid dienone is 2. The number of nitriles is 1. The van der Waals surface area contributed by atoms with E-state index in [1.165, 1.54) is 22.3 Å². The van der Waals surface area contributed by atoms with Crippen LogP contribution >= 0.6 is 30.3 Å². The van der Waals surface area contributed by atoms with Gasteiger partial charge in [-0.25, -0.2) is 4.79 Å². The van der Waals surface area contributed by atoms with Gasteiger partial charge in [-0.2, -0.15) is 5.26 Å². The summed E-state index contributed by atoms with van der Waals surface area (Å²) in [6.45, 7) is 6.97. The molecule has 1 aromatic heterocycles. The first-order valence-corrected chi connectivity index (χ1v) is 11.6. The molecule has 1 amide bonds. The summed E-state index contributed by atoms with van der Waals surface area (Å²) in [6, 6.07) is 7.05. The van der Waals surface area contributed by atoms with E-state index < -0.39 is 11.7 Å². The van der Waals surface area contributed by atoms with Crippen molar-refractivity contribution < 1.29 is 19.1 Å². The number of ketones is 1. The fourth-order valence-electron chi connectivity index (χ4n) is 2.51. The first-order valence-electron chi connectivity index (χ1n) is 8.28. The van der Waals surface area contributed by atoms with Gasteiger partial charge < -0.3 is 9.47 Å². The molecule has 148 valence electrons. The number of methoxy groups -OCH3 is 1. The zero-order valence-corrected chi connectivity index (χ0v) is 19.1. The van der Waals surface area contributed by atoms with Crippen molar-refractivity contribution in [2.75, 3.05) is 12.4 Å². The van der Waals surface area contributed by atoms with E-state index in [0.29, 0.717) is 22.6 Å². The van der Waals surface area contributed by atoms with Crippen LogP contribution in [0.5, 0.6) is 5.75 Å². The van der Waals surface area contributed by atoms with Crippen LogP contribution in [-0.4, -0.2) is 28.6 Å². The van der Waals surface area contributed by atoms with Crippen molar-refractivity contribution in [1.29, 1.82) is 5.26 Å². The molecule has 0 aliphatic carbocycles. The van der Waals surface area contributed by atoms with Crippen LogP contribution in [0, 0.1) is 11.3 Å². The number of Topliss-reactive ketones (excluding diaryl/α,β-unsaturated/α-hetero) is 1. The van der Waals surface area contributed by atoms with Gasteiger partial charge >= 0.3 is 6.09 Å². The monoisotopic (exact) mass is 513 g/mol. The molecule has 2 rings (SSSR count). The van der Waals surface area contributed by atoms with E-state index in [-0.39, 0.29) is 11.4 Å². The van der Waals surface area contributed by atoms with Crippen LogP contribution in [0.1, 0.15) is 38.2 Å². The van der Waals surface area contributed by atoms with Crippen molar-refractivity contribution in [2.24, 2.45) is 0 Å². The number of rotatable bonds is 5. The summed E-state index contributed by atoms with van der Waals surface area (Å²) in [5.41, 5.74) is 0.899. The van der Waals surface area contributed by atoms with E-state index in [2.05, 4.69) is 26.5 Å². The largest absolute Gasteiger partial charge is 0.495 e. The molecule has 7 nitrogen and oxygen atoms in total. The minimum Gasteiger partial charge on any atom is -0.495 e. The lowest BCUT2D eigenvalue weighted by Gasteiger charge is -2.20. The summed E-state index contributed by atoms with van der Waals surface area (Å²) < 4.78 is 12.4. The zero-order valence-electron chi connectivity index (χ0n) is 16.1. The van der Waals surface area contributed by atoms with Gasteiger partial charge in [0, 0.05) is 35.7 Å². The lowest BCUT2D eigenvalue weighted by Crippen LogP contribution is -2.27. The molecule has 1 heterocycles. The first-order chi connectivity index (χ1) is 13.1. The average Bonchev–Trinajstić information content (AvgIpc) is 2.97. The minimum atomic E-state index is -0.639. The van der Waals surface area contributed by atoms with Gasteiger partial charge in [0.2, 0.25) is 5.78 Å². The van der Waals surface area contributed by atoms with Gasteiger partial charge in [-0.3, -0.25) is 14.1 Å². The second-order valence-corrected chi connectivity index (χ2v) is 8.46. The van der Waals surface area contributed by atoms with Crippen molar-refractivity contribution in [3.63, 3.8) is 0 Å². The number of ether oxygens (including phenoxy) is 2. The number of anilines is 1. The third kappa shape index (κ3) is 4.80. The normalized spacial score (nSPS) is 11.8. The molecular formula is C19H20IN3O4S. The van der Waals surface area contributed by atoms with E-state index in [0.717, 1.165) is 5.39 Å². The van der Waals surface area contributed by atoms with E-state index >= 15 is 0 Å². The van der Waals surface area contributed by atoms with Gasteiger partial charge in [0.15, 0.2) is 0 Å². The number of fused-ring (bicyclic) bond motifs is 1. The van der Waals surface area contributed by atoms with E-state index in [9.17, 15) is 14.9 Å². The van der Waals surface area contributed by atoms with Crippen molar-refractivity contribution in [3.8, 4) is 11.8 Å². The molecule has 0 fully saturated rings. The second-order valence-electron chi connectivity index (χ2n) is 6.77. The molecule has 2 aromatic rings. The van der Waals surface area contributed by atoms with Crippen LogP contribution in [0.4, 0.5) is 10.5 Å². The van der Waals surface area contributed by atoms with Crippen LogP contribution in [0.15, 0.2) is 29.8 Å². The molecule has 0 atom stereocenters. The van der Waals surface area contributed by atoms with Crippen LogP contribution in [0.3, 0.4) is 0 Å². The fraction of sp³-hybridized carbons (Fsp3) is 0.316. The standard InChI is InChI=1S/C19H20IN3O4S/c1-6-11(10-21)17(24)15-7-12-8-16(26-5)13(9-14(12)23(15)28-20)22-18(25)27-19(2,3)4/h6-9H,1-5H3,(H,22,25)/b11-6+. The number of carbonyl (C=O) groups excluding carboxylic acids is 2. The van der Waals surface area contributed by atoms with Crippen LogP contribution in [0.2, 0.25) is 0 Å². The Hall–Kier alpha value is -2.19. The fourth-order valence-corrected chi connectivity index (χ4v) is 4.22. The van der Waals surface area contributed by atoms with Crippen LogP contribution < -0.4 is 10.1 Å². The number of halogens is 1. The number of benzene rings is 1. The number of hydrogen-bond acceptors (Lipinski definition) is 6. The first kappa shape index (κ1) is 22.1. The smallest absolute Gasteiger partial charge is 0.412 e. The van der Waals surface area contributed by atoms with Gasteiger partial charge in [0.25, 0.3) is 0 Å². The Morgan fingerprint density at radius 2 is 2.00 bits per heavy atom. The molecule has 1 N–H and O–H groups in total. The SMILES string of the molecule is C/C=C(\C#N)C(=O)c1cc2cc(OC)c(NC(=O)OC(C)(C)C)cc2n1SI. The lowest BCUT2D eigenvalue weighted by molar-refractivity contribution is 0.0635. The minimum absolute atomic E-state index is 0.0635. The molecule has 9 heteroatoms. The molecule has 0 bridgehead atoms. The molecule has 0 aliphatic rings. The number of amides is 1. The molecule has 0 aliphatic heterocycles. The number of aromatic nitrogens is 1. The quantitative estimate of drug-likeness (QED) is 0.246. The van der Waals surface area contributed by atoms with E-state index in [4.69, 9.17) is 9.47 Å². The summed E-state index contributed by atoms with van der Waals surface area (Å²) in [5, 5.41) is 12.6. The Morgan fingerprint density at radius 3 is 2.50 bits per heavy atom. The predicted octanol–water partition coefficient (Wildman–Crippen LogP) is 5.50. The Kier molecular flexibility index (Phi) is 7.01. The maximum atomic E-state index is 12.7. The highest BCUT2D eigenvalue weighted by Crippen LogP contribution is 2.36. The van der Waals surface area contributed by atoms with Crippen molar-refractivity contribution in [3.05, 3.63) is 35.5 Å². The highest BCUT2D eigenvalue weighted by Gasteiger charge is 2.22. The van der Waals surface area contributed by atoms with E-state index in [1.54, 1.807) is 49.9 Å². The summed E-state index contributed by atoms with van der Waals surface area (Å²) in [7, 11) is 2.79. The summed E-state index contributed by atoms with van der Waals surface area (Å²) >= 11 is 2.06. The lowest BCUT2D eigenvalue weighted by atomic mass is 10.1. The molecule has 0 unspecified atom stereocenters. The molecule has 0 saturated carbocycles. The molecule has 28 heavy (non-hydrogen) atoms. The zero-order chi connectivity index (χ0) is 21.1. The van der Waals surface area contributed by atoms with Gasteiger partial charge in [0.1, 0.15) is 23.1 Å². The molecule has 0 saturated heterocycles. The third-order valence-electron chi connectivity index (χ3n) is 3.67. The van der Waals surface area contributed by atoms with Crippen molar-refractivity contribution in [1.82, 2.24) is 3.97 Å². The Morgan fingerprint density at radius 1 is 1.32 bits per heavy atom. The van der Waals surface area contributed by atoms with Crippen LogP contribution in [0.25, 0.3) is 10.9 Å². The maximum Gasteiger partial charge on any atom is 0.412 e. The third-order valence-corrected chi connectivity index (χ3v) is 5.38.